The van der Waals surface area contributed by atoms with Gasteiger partial charge in [-0.1, -0.05) is 12.1 Å². The van der Waals surface area contributed by atoms with Gasteiger partial charge in [-0.25, -0.2) is 4.39 Å². The third-order valence-corrected chi connectivity index (χ3v) is 5.11. The van der Waals surface area contributed by atoms with Crippen LogP contribution >= 0.6 is 0 Å². The van der Waals surface area contributed by atoms with Crippen molar-refractivity contribution >= 4 is 0 Å². The Morgan fingerprint density at radius 1 is 1.03 bits per heavy atom. The lowest BCUT2D eigenvalue weighted by Gasteiger charge is -2.35. The van der Waals surface area contributed by atoms with Gasteiger partial charge in [0.05, 0.1) is 29.9 Å². The molecule has 31 heavy (non-hydrogen) atoms. The summed E-state index contributed by atoms with van der Waals surface area (Å²) in [7, 11) is 0. The number of nitrogens with one attached hydrogen (secondary N) is 1. The fourth-order valence-corrected chi connectivity index (χ4v) is 3.54. The lowest BCUT2D eigenvalue weighted by molar-refractivity contribution is -0.200. The van der Waals surface area contributed by atoms with Gasteiger partial charge in [-0.05, 0) is 54.8 Å². The van der Waals surface area contributed by atoms with Crippen LogP contribution in [0.3, 0.4) is 0 Å². The van der Waals surface area contributed by atoms with Gasteiger partial charge in [0.1, 0.15) is 5.82 Å². The van der Waals surface area contributed by atoms with Gasteiger partial charge in [-0.15, -0.1) is 0 Å². The molecule has 0 radical (unpaired) electrons. The van der Waals surface area contributed by atoms with Gasteiger partial charge in [-0.2, -0.15) is 26.3 Å². The second-order valence-electron chi connectivity index (χ2n) is 7.23. The summed E-state index contributed by atoms with van der Waals surface area (Å²) in [5, 5.41) is 3.12. The Bertz CT molecular complexity index is 910. The van der Waals surface area contributed by atoms with Crippen molar-refractivity contribution in [1.82, 2.24) is 5.32 Å². The summed E-state index contributed by atoms with van der Waals surface area (Å²) in [6.45, 7) is 3.14. The summed E-state index contributed by atoms with van der Waals surface area (Å²) in [5.41, 5.74) is -2.77. The normalized spacial score (nSPS) is 21.2. The number of hydrogen-bond donors (Lipinski definition) is 1. The molecule has 1 aliphatic heterocycles. The summed E-state index contributed by atoms with van der Waals surface area (Å²) >= 11 is 0. The maximum absolute atomic E-state index is 13.4. The second kappa shape index (κ2) is 8.76. The van der Waals surface area contributed by atoms with E-state index < -0.39 is 47.7 Å². The highest BCUT2D eigenvalue weighted by atomic mass is 19.4. The first-order chi connectivity index (χ1) is 14.4. The van der Waals surface area contributed by atoms with Crippen LogP contribution in [0, 0.1) is 12.7 Å². The van der Waals surface area contributed by atoms with Crippen molar-refractivity contribution in [2.75, 3.05) is 13.2 Å². The van der Waals surface area contributed by atoms with Gasteiger partial charge in [-0.3, -0.25) is 0 Å². The number of morpholine rings is 1. The van der Waals surface area contributed by atoms with E-state index in [4.69, 9.17) is 9.47 Å². The molecule has 0 amide bonds. The molecule has 0 aliphatic carbocycles. The lowest BCUT2D eigenvalue weighted by Crippen LogP contribution is -2.43. The minimum Gasteiger partial charge on any atom is -0.349 e. The first-order valence-corrected chi connectivity index (χ1v) is 9.42. The Kier molecular flexibility index (Phi) is 6.64. The van der Waals surface area contributed by atoms with E-state index in [1.165, 1.54) is 31.2 Å². The average molecular weight is 451 g/mol. The van der Waals surface area contributed by atoms with Crippen molar-refractivity contribution in [2.24, 2.45) is 0 Å². The third kappa shape index (κ3) is 5.36. The fourth-order valence-electron chi connectivity index (χ4n) is 3.54. The largest absolute Gasteiger partial charge is 0.416 e. The SMILES string of the molecule is Cc1c(C(C)OC2OCCNC2c2ccc(F)cc2)cc(C(F)(F)F)cc1C(F)(F)F. The fraction of sp³-hybridized carbons (Fsp3) is 0.429. The predicted molar refractivity (Wildman–Crippen MR) is 97.6 cm³/mol. The molecule has 170 valence electrons. The van der Waals surface area contributed by atoms with E-state index in [1.807, 2.05) is 0 Å². The molecule has 1 saturated heterocycles. The number of rotatable bonds is 4. The highest BCUT2D eigenvalue weighted by molar-refractivity contribution is 5.42. The van der Waals surface area contributed by atoms with E-state index in [2.05, 4.69) is 5.32 Å². The van der Waals surface area contributed by atoms with Crippen molar-refractivity contribution in [1.29, 1.82) is 0 Å². The highest BCUT2D eigenvalue weighted by Gasteiger charge is 2.40. The Morgan fingerprint density at radius 2 is 1.68 bits per heavy atom. The first kappa shape index (κ1) is 23.5. The van der Waals surface area contributed by atoms with Crippen LogP contribution in [-0.4, -0.2) is 19.4 Å². The molecule has 0 bridgehead atoms. The molecule has 1 fully saturated rings. The molecular formula is C21H20F7NO2. The number of halogens is 7. The summed E-state index contributed by atoms with van der Waals surface area (Å²) in [6.07, 6.45) is -12.1. The summed E-state index contributed by atoms with van der Waals surface area (Å²) in [4.78, 5) is 0. The molecule has 0 aromatic heterocycles. The lowest BCUT2D eigenvalue weighted by atomic mass is 9.95. The van der Waals surface area contributed by atoms with Gasteiger partial charge in [0.25, 0.3) is 0 Å². The van der Waals surface area contributed by atoms with Gasteiger partial charge < -0.3 is 14.8 Å². The first-order valence-electron chi connectivity index (χ1n) is 9.42. The standard InChI is InChI=1S/C21H20F7NO2/c1-11-16(9-14(20(23,24)25)10-17(11)21(26,27)28)12(2)31-19-18(29-7-8-30-19)13-3-5-15(22)6-4-13/h3-6,9-10,12,18-19,29H,7-8H2,1-2H3. The Labute approximate surface area is 174 Å². The number of alkyl halides is 6. The smallest absolute Gasteiger partial charge is 0.349 e. The quantitative estimate of drug-likeness (QED) is 0.584. The maximum atomic E-state index is 13.4. The van der Waals surface area contributed by atoms with Gasteiger partial charge in [0.2, 0.25) is 0 Å². The molecule has 0 saturated carbocycles. The average Bonchev–Trinajstić information content (AvgIpc) is 2.67. The zero-order valence-electron chi connectivity index (χ0n) is 16.6. The monoisotopic (exact) mass is 451 g/mol. The summed E-state index contributed by atoms with van der Waals surface area (Å²) in [6, 6.07) is 5.66. The van der Waals surface area contributed by atoms with E-state index in [0.29, 0.717) is 18.2 Å². The van der Waals surface area contributed by atoms with E-state index in [0.717, 1.165) is 6.92 Å². The maximum Gasteiger partial charge on any atom is 0.416 e. The Morgan fingerprint density at radius 3 is 2.26 bits per heavy atom. The summed E-state index contributed by atoms with van der Waals surface area (Å²) in [5.74, 6) is -0.453. The van der Waals surface area contributed by atoms with Crippen LogP contribution < -0.4 is 5.32 Å². The highest BCUT2D eigenvalue weighted by Crippen LogP contribution is 2.41. The zero-order valence-corrected chi connectivity index (χ0v) is 16.6. The molecule has 2 aromatic carbocycles. The molecule has 1 aliphatic rings. The molecular weight excluding hydrogens is 431 g/mol. The van der Waals surface area contributed by atoms with Crippen molar-refractivity contribution in [3.05, 3.63) is 70.0 Å². The van der Waals surface area contributed by atoms with Crippen molar-refractivity contribution in [3.8, 4) is 0 Å². The van der Waals surface area contributed by atoms with Crippen LogP contribution in [0.15, 0.2) is 36.4 Å². The summed E-state index contributed by atoms with van der Waals surface area (Å²) < 4.78 is 104. The van der Waals surface area contributed by atoms with Crippen LogP contribution in [0.2, 0.25) is 0 Å². The minimum absolute atomic E-state index is 0.103. The van der Waals surface area contributed by atoms with E-state index in [9.17, 15) is 30.7 Å². The molecule has 0 spiro atoms. The van der Waals surface area contributed by atoms with Gasteiger partial charge in [0.15, 0.2) is 6.29 Å². The van der Waals surface area contributed by atoms with E-state index in [1.54, 1.807) is 0 Å². The van der Waals surface area contributed by atoms with Crippen LogP contribution in [0.25, 0.3) is 0 Å². The van der Waals surface area contributed by atoms with Crippen molar-refractivity contribution in [2.45, 2.75) is 44.6 Å². The molecule has 3 nitrogen and oxygen atoms in total. The zero-order chi connectivity index (χ0) is 23.0. The molecule has 10 heteroatoms. The Balaban J connectivity index is 1.94. The molecule has 3 unspecified atom stereocenters. The topological polar surface area (TPSA) is 30.5 Å². The van der Waals surface area contributed by atoms with E-state index >= 15 is 0 Å². The Hall–Kier alpha value is -2.17. The number of hydrogen-bond acceptors (Lipinski definition) is 3. The van der Waals surface area contributed by atoms with Crippen molar-refractivity contribution in [3.63, 3.8) is 0 Å². The molecule has 1 heterocycles. The molecule has 1 N–H and O–H groups in total. The van der Waals surface area contributed by atoms with Gasteiger partial charge in [0, 0.05) is 6.54 Å². The van der Waals surface area contributed by atoms with Crippen LogP contribution in [-0.2, 0) is 21.8 Å². The molecule has 3 rings (SSSR count). The van der Waals surface area contributed by atoms with Crippen LogP contribution in [0.5, 0.6) is 0 Å². The van der Waals surface area contributed by atoms with E-state index in [-0.39, 0.29) is 23.8 Å². The van der Waals surface area contributed by atoms with Crippen LogP contribution in [0.1, 0.15) is 46.9 Å². The van der Waals surface area contributed by atoms with Gasteiger partial charge >= 0.3 is 12.4 Å². The number of benzene rings is 2. The third-order valence-electron chi connectivity index (χ3n) is 5.11. The predicted octanol–water partition coefficient (Wildman–Crippen LogP) is 5.94. The van der Waals surface area contributed by atoms with Crippen molar-refractivity contribution < 1.29 is 40.2 Å². The minimum atomic E-state index is -4.96. The molecule has 2 aromatic rings. The second-order valence-corrected chi connectivity index (χ2v) is 7.23. The molecule has 3 atom stereocenters. The van der Waals surface area contributed by atoms with Crippen LogP contribution in [0.4, 0.5) is 30.7 Å². The number of ether oxygens (including phenoxy) is 2.